The van der Waals surface area contributed by atoms with Gasteiger partial charge in [-0.15, -0.1) is 0 Å². The molecular weight excluding hydrogens is 459 g/mol. The number of anilines is 1. The molecule has 0 unspecified atom stereocenters. The molecule has 3 aromatic rings. The van der Waals surface area contributed by atoms with Gasteiger partial charge in [-0.3, -0.25) is 0 Å². The molecule has 0 saturated carbocycles. The van der Waals surface area contributed by atoms with Crippen molar-refractivity contribution in [1.82, 2.24) is 4.90 Å². The van der Waals surface area contributed by atoms with Crippen LogP contribution in [0.3, 0.4) is 0 Å². The van der Waals surface area contributed by atoms with E-state index in [-0.39, 0.29) is 29.6 Å². The molecule has 1 amide bonds. The molecule has 9 heteroatoms. The van der Waals surface area contributed by atoms with Crippen LogP contribution < -0.4 is 10.4 Å². The third-order valence-electron chi connectivity index (χ3n) is 7.18. The first-order valence-corrected chi connectivity index (χ1v) is 11.9. The summed E-state index contributed by atoms with van der Waals surface area (Å²) in [6.45, 7) is 3.55. The normalized spacial score (nSPS) is 14.9. The number of nitrogens with zero attached hydrogens (tertiary/aromatic N) is 2. The Morgan fingerprint density at radius 1 is 0.944 bits per heavy atom. The summed E-state index contributed by atoms with van der Waals surface area (Å²) >= 11 is 0. The Balaban J connectivity index is 1.24. The van der Waals surface area contributed by atoms with E-state index >= 15 is 0 Å². The van der Waals surface area contributed by atoms with Crippen LogP contribution in [0.15, 0.2) is 60.7 Å². The number of rotatable bonds is 5. The maximum Gasteiger partial charge on any atom is 0.488 e. The fourth-order valence-electron chi connectivity index (χ4n) is 5.23. The third-order valence-corrected chi connectivity index (χ3v) is 7.18. The van der Waals surface area contributed by atoms with Crippen molar-refractivity contribution in [1.29, 1.82) is 0 Å². The molecule has 0 aromatic heterocycles. The molecule has 0 atom stereocenters. The maximum atomic E-state index is 12.9. The second-order valence-corrected chi connectivity index (χ2v) is 9.16. The molecule has 1 aliphatic heterocycles. The minimum absolute atomic E-state index is 0.00651. The SMILES string of the molecule is Cc1c(B(O)O)cc(N2CCN(C(=O)OCC3c4ccccc4-c4ccccc43)CC2)cc1C(=O)O. The van der Waals surface area contributed by atoms with Gasteiger partial charge in [-0.1, -0.05) is 48.5 Å². The van der Waals surface area contributed by atoms with Gasteiger partial charge in [-0.25, -0.2) is 9.59 Å². The number of carboxylic acid groups (broad SMARTS) is 1. The number of ether oxygens (including phenoxy) is 1. The summed E-state index contributed by atoms with van der Waals surface area (Å²) in [5.74, 6) is -1.14. The lowest BCUT2D eigenvalue weighted by Gasteiger charge is -2.36. The molecule has 5 rings (SSSR count). The molecule has 36 heavy (non-hydrogen) atoms. The standard InChI is InChI=1S/C27H27BN2O6/c1-17-23(26(31)32)14-18(15-25(17)28(34)35)29-10-12-30(13-11-29)27(33)36-16-24-21-8-4-2-6-19(21)20-7-3-5-9-22(20)24/h2-9,14-15,24,34-35H,10-13,16H2,1H3,(H,31,32). The number of fused-ring (bicyclic) bond motifs is 3. The van der Waals surface area contributed by atoms with Gasteiger partial charge in [0.25, 0.3) is 0 Å². The number of piperazine rings is 1. The zero-order chi connectivity index (χ0) is 25.4. The van der Waals surface area contributed by atoms with Gasteiger partial charge in [0.2, 0.25) is 0 Å². The fraction of sp³-hybridized carbons (Fsp3) is 0.259. The second kappa shape index (κ2) is 9.68. The first-order valence-electron chi connectivity index (χ1n) is 11.9. The van der Waals surface area contributed by atoms with Crippen molar-refractivity contribution < 1.29 is 29.5 Å². The van der Waals surface area contributed by atoms with E-state index in [9.17, 15) is 24.7 Å². The molecule has 1 heterocycles. The number of aromatic carboxylic acids is 1. The number of carboxylic acids is 1. The van der Waals surface area contributed by atoms with Crippen molar-refractivity contribution in [2.45, 2.75) is 12.8 Å². The van der Waals surface area contributed by atoms with Crippen LogP contribution in [0.25, 0.3) is 11.1 Å². The molecule has 3 N–H and O–H groups in total. The molecule has 3 aromatic carbocycles. The largest absolute Gasteiger partial charge is 0.488 e. The number of carbonyl (C=O) groups is 2. The molecule has 2 aliphatic rings. The van der Waals surface area contributed by atoms with Gasteiger partial charge in [0.1, 0.15) is 6.61 Å². The summed E-state index contributed by atoms with van der Waals surface area (Å²) in [6.07, 6.45) is -0.377. The van der Waals surface area contributed by atoms with Gasteiger partial charge in [0, 0.05) is 37.8 Å². The van der Waals surface area contributed by atoms with Crippen LogP contribution in [0, 0.1) is 6.92 Å². The zero-order valence-electron chi connectivity index (χ0n) is 19.9. The van der Waals surface area contributed by atoms with E-state index in [1.807, 2.05) is 29.2 Å². The molecule has 1 fully saturated rings. The summed E-state index contributed by atoms with van der Waals surface area (Å²) < 4.78 is 5.76. The number of hydrogen-bond donors (Lipinski definition) is 3. The minimum Gasteiger partial charge on any atom is -0.478 e. The van der Waals surface area contributed by atoms with Gasteiger partial charge in [0.05, 0.1) is 5.56 Å². The number of benzene rings is 3. The first kappa shape index (κ1) is 23.9. The summed E-state index contributed by atoms with van der Waals surface area (Å²) in [7, 11) is -1.77. The predicted molar refractivity (Wildman–Crippen MR) is 137 cm³/mol. The van der Waals surface area contributed by atoms with E-state index in [1.54, 1.807) is 17.9 Å². The average molecular weight is 486 g/mol. The van der Waals surface area contributed by atoms with Gasteiger partial charge >= 0.3 is 19.2 Å². The van der Waals surface area contributed by atoms with Crippen LogP contribution in [0.5, 0.6) is 0 Å². The quantitative estimate of drug-likeness (QED) is 0.476. The van der Waals surface area contributed by atoms with Crippen molar-refractivity contribution >= 4 is 30.3 Å². The Bertz CT molecular complexity index is 1270. The number of hydrogen-bond acceptors (Lipinski definition) is 6. The smallest absolute Gasteiger partial charge is 0.478 e. The molecule has 184 valence electrons. The van der Waals surface area contributed by atoms with E-state index in [4.69, 9.17) is 4.74 Å². The van der Waals surface area contributed by atoms with Crippen LogP contribution in [-0.4, -0.2) is 72.0 Å². The van der Waals surface area contributed by atoms with Crippen molar-refractivity contribution in [2.24, 2.45) is 0 Å². The highest BCUT2D eigenvalue weighted by Gasteiger charge is 2.31. The summed E-state index contributed by atoms with van der Waals surface area (Å²) in [5, 5.41) is 28.9. The van der Waals surface area contributed by atoms with Crippen molar-refractivity contribution in [3.05, 3.63) is 82.9 Å². The first-order chi connectivity index (χ1) is 17.3. The molecule has 0 bridgehead atoms. The molecule has 0 radical (unpaired) electrons. The zero-order valence-corrected chi connectivity index (χ0v) is 19.9. The van der Waals surface area contributed by atoms with Crippen LogP contribution in [0.4, 0.5) is 10.5 Å². The van der Waals surface area contributed by atoms with Gasteiger partial charge in [-0.2, -0.15) is 0 Å². The Kier molecular flexibility index (Phi) is 6.43. The summed E-state index contributed by atoms with van der Waals surface area (Å²) in [6, 6.07) is 19.5. The highest BCUT2D eigenvalue weighted by Crippen LogP contribution is 2.44. The Morgan fingerprint density at radius 2 is 1.53 bits per heavy atom. The van der Waals surface area contributed by atoms with E-state index < -0.39 is 13.1 Å². The second-order valence-electron chi connectivity index (χ2n) is 9.16. The molecule has 0 spiro atoms. The van der Waals surface area contributed by atoms with Crippen LogP contribution in [0.1, 0.15) is 33.0 Å². The topological polar surface area (TPSA) is 111 Å². The lowest BCUT2D eigenvalue weighted by molar-refractivity contribution is 0.0696. The molecule has 8 nitrogen and oxygen atoms in total. The average Bonchev–Trinajstić information content (AvgIpc) is 3.21. The van der Waals surface area contributed by atoms with E-state index in [1.165, 1.54) is 17.2 Å². The summed E-state index contributed by atoms with van der Waals surface area (Å²) in [4.78, 5) is 28.1. The van der Waals surface area contributed by atoms with Crippen LogP contribution in [0.2, 0.25) is 0 Å². The highest BCUT2D eigenvalue weighted by molar-refractivity contribution is 6.59. The third kappa shape index (κ3) is 4.32. The maximum absolute atomic E-state index is 12.9. The molecular formula is C27H27BN2O6. The lowest BCUT2D eigenvalue weighted by Crippen LogP contribution is -2.49. The highest BCUT2D eigenvalue weighted by atomic mass is 16.6. The van der Waals surface area contributed by atoms with E-state index in [0.29, 0.717) is 37.4 Å². The van der Waals surface area contributed by atoms with Crippen molar-refractivity contribution in [2.75, 3.05) is 37.7 Å². The monoisotopic (exact) mass is 486 g/mol. The van der Waals surface area contributed by atoms with E-state index in [0.717, 1.165) is 11.1 Å². The molecule has 1 aliphatic carbocycles. The Hall–Kier alpha value is -3.82. The van der Waals surface area contributed by atoms with Crippen molar-refractivity contribution in [3.63, 3.8) is 0 Å². The Morgan fingerprint density at radius 3 is 2.08 bits per heavy atom. The number of amides is 1. The van der Waals surface area contributed by atoms with E-state index in [2.05, 4.69) is 24.3 Å². The van der Waals surface area contributed by atoms with Crippen LogP contribution >= 0.6 is 0 Å². The molecule has 1 saturated heterocycles. The van der Waals surface area contributed by atoms with Gasteiger partial charge < -0.3 is 29.7 Å². The van der Waals surface area contributed by atoms with Crippen LogP contribution in [-0.2, 0) is 4.74 Å². The van der Waals surface area contributed by atoms with Gasteiger partial charge in [0.15, 0.2) is 0 Å². The lowest BCUT2D eigenvalue weighted by atomic mass is 9.75. The Labute approximate surface area is 209 Å². The summed E-state index contributed by atoms with van der Waals surface area (Å²) in [5.41, 5.74) is 5.74. The van der Waals surface area contributed by atoms with Gasteiger partial charge in [-0.05, 0) is 52.3 Å². The fourth-order valence-corrected chi connectivity index (χ4v) is 5.23. The number of carbonyl (C=O) groups excluding carboxylic acids is 1. The van der Waals surface area contributed by atoms with Crippen molar-refractivity contribution in [3.8, 4) is 11.1 Å². The predicted octanol–water partition coefficient (Wildman–Crippen LogP) is 2.44. The minimum atomic E-state index is -1.77.